The number of fused-ring (bicyclic) bond motifs is 5. The van der Waals surface area contributed by atoms with Gasteiger partial charge < -0.3 is 0 Å². The molecule has 1 atom stereocenters. The summed E-state index contributed by atoms with van der Waals surface area (Å²) >= 11 is 5.35. The maximum absolute atomic E-state index is 4.71. The van der Waals surface area contributed by atoms with E-state index in [2.05, 4.69) is 45.2 Å². The SMILES string of the molecule is C[C@@H]1CCc2c(sc3ncn4c(-c5cccc(Br)c5)nnc4c23)C1. The number of halogens is 1. The summed E-state index contributed by atoms with van der Waals surface area (Å²) < 4.78 is 3.06. The van der Waals surface area contributed by atoms with Crippen LogP contribution < -0.4 is 0 Å². The van der Waals surface area contributed by atoms with Crippen LogP contribution in [0.1, 0.15) is 23.8 Å². The van der Waals surface area contributed by atoms with E-state index in [0.717, 1.165) is 45.1 Å². The number of aromatic nitrogens is 4. The summed E-state index contributed by atoms with van der Waals surface area (Å²) in [7, 11) is 0. The Morgan fingerprint density at radius 2 is 2.21 bits per heavy atom. The number of hydrogen-bond acceptors (Lipinski definition) is 4. The quantitative estimate of drug-likeness (QED) is 0.458. The first-order valence-corrected chi connectivity index (χ1v) is 9.71. The zero-order chi connectivity index (χ0) is 16.3. The average Bonchev–Trinajstić information content (AvgIpc) is 3.14. The number of benzene rings is 1. The summed E-state index contributed by atoms with van der Waals surface area (Å²) in [5.41, 5.74) is 3.41. The van der Waals surface area contributed by atoms with Crippen LogP contribution in [0.3, 0.4) is 0 Å². The van der Waals surface area contributed by atoms with Gasteiger partial charge in [0.2, 0.25) is 0 Å². The molecule has 4 aromatic rings. The minimum Gasteiger partial charge on any atom is -0.265 e. The van der Waals surface area contributed by atoms with Crippen molar-refractivity contribution in [1.29, 1.82) is 0 Å². The number of rotatable bonds is 1. The third-order valence-corrected chi connectivity index (χ3v) is 6.44. The van der Waals surface area contributed by atoms with E-state index in [4.69, 9.17) is 4.98 Å². The maximum atomic E-state index is 4.71. The number of aryl methyl sites for hydroxylation is 1. The monoisotopic (exact) mass is 398 g/mol. The molecule has 0 radical (unpaired) electrons. The Kier molecular flexibility index (Phi) is 3.25. The van der Waals surface area contributed by atoms with Crippen molar-refractivity contribution in [2.75, 3.05) is 0 Å². The highest BCUT2D eigenvalue weighted by Crippen LogP contribution is 2.39. The van der Waals surface area contributed by atoms with Crippen LogP contribution in [0.5, 0.6) is 0 Å². The molecular weight excluding hydrogens is 384 g/mol. The Morgan fingerprint density at radius 3 is 3.08 bits per heavy atom. The molecule has 1 aromatic carbocycles. The second-order valence-electron chi connectivity index (χ2n) is 6.50. The standard InChI is InChI=1S/C18H15BrN4S/c1-10-5-6-13-14(7-10)24-18-15(13)17-22-21-16(23(17)9-20-18)11-3-2-4-12(19)8-11/h2-4,8-10H,5-7H2,1H3/t10-/m1/s1. The summed E-state index contributed by atoms with van der Waals surface area (Å²) in [6, 6.07) is 8.14. The van der Waals surface area contributed by atoms with Crippen molar-refractivity contribution in [2.45, 2.75) is 26.2 Å². The van der Waals surface area contributed by atoms with Crippen molar-refractivity contribution in [3.8, 4) is 11.4 Å². The lowest BCUT2D eigenvalue weighted by atomic mass is 9.89. The van der Waals surface area contributed by atoms with Crippen LogP contribution in [-0.4, -0.2) is 19.6 Å². The zero-order valence-corrected chi connectivity index (χ0v) is 15.6. The van der Waals surface area contributed by atoms with Gasteiger partial charge in [-0.2, -0.15) is 0 Å². The molecule has 120 valence electrons. The topological polar surface area (TPSA) is 43.1 Å². The van der Waals surface area contributed by atoms with Gasteiger partial charge in [-0.25, -0.2) is 4.98 Å². The third kappa shape index (κ3) is 2.13. The summed E-state index contributed by atoms with van der Waals surface area (Å²) in [5.74, 6) is 1.60. The van der Waals surface area contributed by atoms with E-state index in [9.17, 15) is 0 Å². The van der Waals surface area contributed by atoms with Gasteiger partial charge in [0.05, 0.1) is 5.39 Å². The molecule has 0 aliphatic heterocycles. The number of thiophene rings is 1. The molecule has 0 saturated carbocycles. The van der Waals surface area contributed by atoms with Crippen LogP contribution >= 0.6 is 27.3 Å². The molecule has 0 N–H and O–H groups in total. The molecule has 0 bridgehead atoms. The molecule has 4 nitrogen and oxygen atoms in total. The predicted octanol–water partition coefficient (Wildman–Crippen LogP) is 4.89. The minimum atomic E-state index is 0.761. The molecule has 1 aliphatic carbocycles. The van der Waals surface area contributed by atoms with Crippen LogP contribution in [0.2, 0.25) is 0 Å². The lowest BCUT2D eigenvalue weighted by molar-refractivity contribution is 0.509. The molecule has 3 aromatic heterocycles. The van der Waals surface area contributed by atoms with Crippen molar-refractivity contribution in [2.24, 2.45) is 5.92 Å². The van der Waals surface area contributed by atoms with E-state index in [1.807, 2.05) is 34.2 Å². The second kappa shape index (κ2) is 5.36. The molecular formula is C18H15BrN4S. The van der Waals surface area contributed by atoms with Gasteiger partial charge >= 0.3 is 0 Å². The van der Waals surface area contributed by atoms with Crippen LogP contribution in [0.15, 0.2) is 35.1 Å². The van der Waals surface area contributed by atoms with E-state index in [1.54, 1.807) is 0 Å². The molecule has 1 aliphatic rings. The summed E-state index contributed by atoms with van der Waals surface area (Å²) in [4.78, 5) is 7.29. The summed E-state index contributed by atoms with van der Waals surface area (Å²) in [6.45, 7) is 2.33. The maximum Gasteiger partial charge on any atom is 0.172 e. The van der Waals surface area contributed by atoms with Crippen molar-refractivity contribution in [3.63, 3.8) is 0 Å². The Balaban J connectivity index is 1.78. The van der Waals surface area contributed by atoms with Gasteiger partial charge in [0.1, 0.15) is 11.2 Å². The minimum absolute atomic E-state index is 0.761. The smallest absolute Gasteiger partial charge is 0.172 e. The van der Waals surface area contributed by atoms with Crippen molar-refractivity contribution in [3.05, 3.63) is 45.5 Å². The molecule has 24 heavy (non-hydrogen) atoms. The van der Waals surface area contributed by atoms with E-state index in [0.29, 0.717) is 0 Å². The van der Waals surface area contributed by atoms with E-state index in [1.165, 1.54) is 22.2 Å². The molecule has 5 rings (SSSR count). The Morgan fingerprint density at radius 1 is 1.29 bits per heavy atom. The fourth-order valence-electron chi connectivity index (χ4n) is 3.56. The Bertz CT molecular complexity index is 1080. The zero-order valence-electron chi connectivity index (χ0n) is 13.2. The molecule has 0 amide bonds. The van der Waals surface area contributed by atoms with Gasteiger partial charge in [-0.15, -0.1) is 21.5 Å². The van der Waals surface area contributed by atoms with Crippen molar-refractivity contribution >= 4 is 43.1 Å². The van der Waals surface area contributed by atoms with Gasteiger partial charge in [0, 0.05) is 14.9 Å². The molecule has 0 fully saturated rings. The van der Waals surface area contributed by atoms with Gasteiger partial charge in [-0.3, -0.25) is 4.40 Å². The van der Waals surface area contributed by atoms with Crippen LogP contribution in [-0.2, 0) is 12.8 Å². The van der Waals surface area contributed by atoms with Crippen molar-refractivity contribution < 1.29 is 0 Å². The number of nitrogens with zero attached hydrogens (tertiary/aromatic N) is 4. The van der Waals surface area contributed by atoms with Crippen LogP contribution in [0, 0.1) is 5.92 Å². The summed E-state index contributed by atoms with van der Waals surface area (Å²) in [5, 5.41) is 10.2. The van der Waals surface area contributed by atoms with E-state index < -0.39 is 0 Å². The second-order valence-corrected chi connectivity index (χ2v) is 8.50. The Hall–Kier alpha value is -1.79. The average molecular weight is 399 g/mol. The Labute approximate surface area is 151 Å². The third-order valence-electron chi connectivity index (χ3n) is 4.79. The van der Waals surface area contributed by atoms with Crippen LogP contribution in [0.4, 0.5) is 0 Å². The lowest BCUT2D eigenvalue weighted by Gasteiger charge is -2.17. The van der Waals surface area contributed by atoms with E-state index in [-0.39, 0.29) is 0 Å². The fraction of sp³-hybridized carbons (Fsp3) is 0.278. The lowest BCUT2D eigenvalue weighted by Crippen LogP contribution is -2.08. The fourth-order valence-corrected chi connectivity index (χ4v) is 5.31. The van der Waals surface area contributed by atoms with Crippen molar-refractivity contribution in [1.82, 2.24) is 19.6 Å². The van der Waals surface area contributed by atoms with Gasteiger partial charge in [-0.1, -0.05) is 35.0 Å². The van der Waals surface area contributed by atoms with E-state index >= 15 is 0 Å². The van der Waals surface area contributed by atoms with Gasteiger partial charge in [-0.05, 0) is 42.9 Å². The highest BCUT2D eigenvalue weighted by Gasteiger charge is 2.24. The first kappa shape index (κ1) is 14.5. The highest BCUT2D eigenvalue weighted by molar-refractivity contribution is 9.10. The van der Waals surface area contributed by atoms with Crippen LogP contribution in [0.25, 0.3) is 27.3 Å². The molecule has 0 unspecified atom stereocenters. The molecule has 3 heterocycles. The molecule has 0 saturated heterocycles. The first-order chi connectivity index (χ1) is 11.7. The highest BCUT2D eigenvalue weighted by atomic mass is 79.9. The normalized spacial score (nSPS) is 17.5. The molecule has 6 heteroatoms. The first-order valence-electron chi connectivity index (χ1n) is 8.10. The van der Waals surface area contributed by atoms with Gasteiger partial charge in [0.15, 0.2) is 11.5 Å². The molecule has 0 spiro atoms. The number of hydrogen-bond donors (Lipinski definition) is 0. The predicted molar refractivity (Wildman–Crippen MR) is 100 cm³/mol. The summed E-state index contributed by atoms with van der Waals surface area (Å²) in [6.07, 6.45) is 5.39. The van der Waals surface area contributed by atoms with Gasteiger partial charge in [0.25, 0.3) is 0 Å². The largest absolute Gasteiger partial charge is 0.265 e.